The Morgan fingerprint density at radius 2 is 1.55 bits per heavy atom. The molecule has 0 saturated carbocycles. The van der Waals surface area contributed by atoms with Gasteiger partial charge < -0.3 is 14.2 Å². The fourth-order valence-corrected chi connectivity index (χ4v) is 2.83. The third-order valence-corrected chi connectivity index (χ3v) is 4.09. The van der Waals surface area contributed by atoms with E-state index < -0.39 is 0 Å². The Labute approximate surface area is 186 Å². The van der Waals surface area contributed by atoms with E-state index in [0.717, 1.165) is 11.1 Å². The molecular weight excluding hydrogens is 388 g/mol. The largest absolute Gasteiger partial charge is 0.490 e. The van der Waals surface area contributed by atoms with Crippen molar-refractivity contribution in [3.63, 3.8) is 0 Å². The van der Waals surface area contributed by atoms with Crippen LogP contribution >= 0.6 is 0 Å². The van der Waals surface area contributed by atoms with Gasteiger partial charge in [-0.2, -0.15) is 0 Å². The molecule has 4 nitrogen and oxygen atoms in total. The molecule has 0 aliphatic carbocycles. The molecule has 0 N–H and O–H groups in total. The monoisotopic (exact) mass is 422 g/mol. The molecular formula is C27H34O4. The number of ether oxygens (including phenoxy) is 3. The maximum Gasteiger partial charge on any atom is 0.185 e. The summed E-state index contributed by atoms with van der Waals surface area (Å²) >= 11 is 0. The van der Waals surface area contributed by atoms with Crippen molar-refractivity contribution in [1.82, 2.24) is 0 Å². The molecule has 0 heterocycles. The molecule has 2 aromatic carbocycles. The number of carbonyl (C=O) groups is 1. The van der Waals surface area contributed by atoms with Crippen molar-refractivity contribution in [2.45, 2.75) is 59.7 Å². The highest BCUT2D eigenvalue weighted by molar-refractivity contribution is 6.07. The molecule has 2 aromatic rings. The van der Waals surface area contributed by atoms with E-state index in [1.807, 2.05) is 60.6 Å². The summed E-state index contributed by atoms with van der Waals surface area (Å²) in [5, 5.41) is 0. The fraction of sp³-hybridized carbons (Fsp3) is 0.370. The second-order valence-corrected chi connectivity index (χ2v) is 9.37. The van der Waals surface area contributed by atoms with Gasteiger partial charge in [0.1, 0.15) is 35.1 Å². The lowest BCUT2D eigenvalue weighted by Gasteiger charge is -2.27. The highest BCUT2D eigenvalue weighted by Gasteiger charge is 2.21. The number of hydrogen-bond donors (Lipinski definition) is 0. The van der Waals surface area contributed by atoms with Crippen molar-refractivity contribution in [1.29, 1.82) is 0 Å². The Hall–Kier alpha value is -3.01. The van der Waals surface area contributed by atoms with Crippen molar-refractivity contribution in [3.8, 4) is 17.2 Å². The topological polar surface area (TPSA) is 44.8 Å². The number of allylic oxidation sites excluding steroid dienone is 1. The van der Waals surface area contributed by atoms with Crippen LogP contribution in [0.4, 0.5) is 0 Å². The predicted octanol–water partition coefficient (Wildman–Crippen LogP) is 6.81. The Morgan fingerprint density at radius 1 is 0.935 bits per heavy atom. The summed E-state index contributed by atoms with van der Waals surface area (Å²) in [5.74, 6) is 1.97. The van der Waals surface area contributed by atoms with Gasteiger partial charge in [0.25, 0.3) is 0 Å². The minimum absolute atomic E-state index is 0.111. The first kappa shape index (κ1) is 24.3. The fourth-order valence-electron chi connectivity index (χ4n) is 2.83. The van der Waals surface area contributed by atoms with Crippen molar-refractivity contribution in [2.24, 2.45) is 0 Å². The van der Waals surface area contributed by atoms with Crippen LogP contribution in [0.3, 0.4) is 0 Å². The molecule has 0 spiro atoms. The molecule has 4 heteroatoms. The molecule has 0 aliphatic heterocycles. The van der Waals surface area contributed by atoms with Gasteiger partial charge in [0.2, 0.25) is 0 Å². The standard InChI is InChI=1S/C27H34O4/c1-9-18-29-21-13-11-20(12-14-21)23(28)16-15-22-24(30-26(3,4)5)17-10-19(2)25(22)31-27(6,7)8/h9-17H,1,18H2,2-8H3/b16-15+. The van der Waals surface area contributed by atoms with Crippen molar-refractivity contribution >= 4 is 11.9 Å². The lowest BCUT2D eigenvalue weighted by atomic mass is 10.0. The Bertz CT molecular complexity index is 939. The lowest BCUT2D eigenvalue weighted by molar-refractivity contribution is 0.104. The lowest BCUT2D eigenvalue weighted by Crippen LogP contribution is -2.25. The van der Waals surface area contributed by atoms with Crippen molar-refractivity contribution in [2.75, 3.05) is 6.61 Å². The number of rotatable bonds is 8. The molecule has 31 heavy (non-hydrogen) atoms. The molecule has 0 fully saturated rings. The first-order valence-corrected chi connectivity index (χ1v) is 10.5. The average molecular weight is 423 g/mol. The minimum atomic E-state index is -0.390. The van der Waals surface area contributed by atoms with E-state index in [4.69, 9.17) is 14.2 Å². The normalized spacial score (nSPS) is 12.0. The van der Waals surface area contributed by atoms with Crippen LogP contribution in [0, 0.1) is 6.92 Å². The highest BCUT2D eigenvalue weighted by Crippen LogP contribution is 2.37. The van der Waals surface area contributed by atoms with Gasteiger partial charge in [0.05, 0.1) is 5.56 Å². The zero-order valence-corrected chi connectivity index (χ0v) is 19.7. The molecule has 0 atom stereocenters. The van der Waals surface area contributed by atoms with E-state index in [1.54, 1.807) is 42.5 Å². The maximum absolute atomic E-state index is 12.8. The van der Waals surface area contributed by atoms with Crippen LogP contribution in [0.15, 0.2) is 55.1 Å². The molecule has 0 aromatic heterocycles. The number of ketones is 1. The molecule has 0 unspecified atom stereocenters. The smallest absolute Gasteiger partial charge is 0.185 e. The number of aryl methyl sites for hydroxylation is 1. The van der Waals surface area contributed by atoms with Crippen LogP contribution in [-0.2, 0) is 0 Å². The average Bonchev–Trinajstić information content (AvgIpc) is 2.66. The van der Waals surface area contributed by atoms with E-state index in [1.165, 1.54) is 0 Å². The zero-order valence-electron chi connectivity index (χ0n) is 19.7. The van der Waals surface area contributed by atoms with Gasteiger partial charge in [-0.25, -0.2) is 0 Å². The van der Waals surface area contributed by atoms with Crippen LogP contribution in [0.5, 0.6) is 17.2 Å². The Morgan fingerprint density at radius 3 is 2.10 bits per heavy atom. The zero-order chi connectivity index (χ0) is 23.2. The second-order valence-electron chi connectivity index (χ2n) is 9.37. The van der Waals surface area contributed by atoms with Crippen molar-refractivity contribution < 1.29 is 19.0 Å². The van der Waals surface area contributed by atoms with Gasteiger partial charge in [0.15, 0.2) is 5.78 Å². The molecule has 2 rings (SSSR count). The van der Waals surface area contributed by atoms with E-state index in [0.29, 0.717) is 29.4 Å². The molecule has 166 valence electrons. The number of benzene rings is 2. The predicted molar refractivity (Wildman–Crippen MR) is 127 cm³/mol. The van der Waals surface area contributed by atoms with E-state index in [9.17, 15) is 4.79 Å². The van der Waals surface area contributed by atoms with Crippen LogP contribution in [0.1, 0.15) is 63.0 Å². The maximum atomic E-state index is 12.8. The molecule has 0 aliphatic rings. The van der Waals surface area contributed by atoms with Gasteiger partial charge in [-0.3, -0.25) is 4.79 Å². The summed E-state index contributed by atoms with van der Waals surface area (Å²) in [6.07, 6.45) is 5.01. The summed E-state index contributed by atoms with van der Waals surface area (Å²) in [5.41, 5.74) is 1.53. The second kappa shape index (κ2) is 9.86. The minimum Gasteiger partial charge on any atom is -0.490 e. The summed E-state index contributed by atoms with van der Waals surface area (Å²) in [6.45, 7) is 18.0. The number of hydrogen-bond acceptors (Lipinski definition) is 4. The van der Waals surface area contributed by atoms with Gasteiger partial charge in [-0.1, -0.05) is 18.7 Å². The van der Waals surface area contributed by atoms with Crippen LogP contribution in [-0.4, -0.2) is 23.6 Å². The summed E-state index contributed by atoms with van der Waals surface area (Å²) in [7, 11) is 0. The van der Waals surface area contributed by atoms with E-state index in [-0.39, 0.29) is 17.0 Å². The van der Waals surface area contributed by atoms with Crippen LogP contribution in [0.25, 0.3) is 6.08 Å². The summed E-state index contributed by atoms with van der Waals surface area (Å²) < 4.78 is 17.9. The molecule has 0 saturated heterocycles. The van der Waals surface area contributed by atoms with E-state index >= 15 is 0 Å². The first-order chi connectivity index (χ1) is 14.4. The van der Waals surface area contributed by atoms with Gasteiger partial charge in [-0.15, -0.1) is 0 Å². The SMILES string of the molecule is C=CCOc1ccc(C(=O)/C=C/c2c(OC(C)(C)C)ccc(C)c2OC(C)(C)C)cc1. The van der Waals surface area contributed by atoms with E-state index in [2.05, 4.69) is 6.58 Å². The number of carbonyl (C=O) groups excluding carboxylic acids is 1. The van der Waals surface area contributed by atoms with Gasteiger partial charge >= 0.3 is 0 Å². The Balaban J connectivity index is 2.40. The summed E-state index contributed by atoms with van der Waals surface area (Å²) in [6, 6.07) is 11.0. The molecule has 0 bridgehead atoms. The first-order valence-electron chi connectivity index (χ1n) is 10.5. The van der Waals surface area contributed by atoms with Gasteiger partial charge in [-0.05, 0) is 96.5 Å². The quantitative estimate of drug-likeness (QED) is 0.266. The molecule has 0 radical (unpaired) electrons. The van der Waals surface area contributed by atoms with Crippen LogP contribution < -0.4 is 14.2 Å². The van der Waals surface area contributed by atoms with Crippen molar-refractivity contribution in [3.05, 3.63) is 71.8 Å². The van der Waals surface area contributed by atoms with Crippen LogP contribution in [0.2, 0.25) is 0 Å². The molecule has 0 amide bonds. The van der Waals surface area contributed by atoms with Gasteiger partial charge in [0, 0.05) is 5.56 Å². The third-order valence-electron chi connectivity index (χ3n) is 4.09. The summed E-state index contributed by atoms with van der Waals surface area (Å²) in [4.78, 5) is 12.8. The third kappa shape index (κ3) is 7.63. The highest BCUT2D eigenvalue weighted by atomic mass is 16.5. The Kier molecular flexibility index (Phi) is 7.72.